The molecule has 0 radical (unpaired) electrons. The van der Waals surface area contributed by atoms with Crippen LogP contribution in [0.15, 0.2) is 18.2 Å². The molecule has 4 nitrogen and oxygen atoms in total. The second kappa shape index (κ2) is 6.71. The fourth-order valence-electron chi connectivity index (χ4n) is 3.61. The molecule has 2 fully saturated rings. The lowest BCUT2D eigenvalue weighted by molar-refractivity contribution is -0.138. The zero-order valence-corrected chi connectivity index (χ0v) is 14.5. The van der Waals surface area contributed by atoms with Crippen molar-refractivity contribution in [2.45, 2.75) is 50.5 Å². The highest BCUT2D eigenvalue weighted by Crippen LogP contribution is 2.51. The summed E-state index contributed by atoms with van der Waals surface area (Å²) in [6, 6.07) is 4.84. The number of benzene rings is 1. The van der Waals surface area contributed by atoms with Crippen molar-refractivity contribution in [3.63, 3.8) is 0 Å². The van der Waals surface area contributed by atoms with Crippen molar-refractivity contribution in [2.24, 2.45) is 0 Å². The monoisotopic (exact) mass is 352 g/mol. The Balaban J connectivity index is 1.83. The Morgan fingerprint density at radius 2 is 2.12 bits per heavy atom. The third kappa shape index (κ3) is 3.14. The molecule has 24 heavy (non-hydrogen) atoms. The van der Waals surface area contributed by atoms with Gasteiger partial charge in [0.2, 0.25) is 11.8 Å². The van der Waals surface area contributed by atoms with E-state index < -0.39 is 11.2 Å². The van der Waals surface area contributed by atoms with Gasteiger partial charge in [0, 0.05) is 31.6 Å². The number of nitrogens with zero attached hydrogens (tertiary/aromatic N) is 1. The van der Waals surface area contributed by atoms with Crippen LogP contribution in [0.3, 0.4) is 0 Å². The molecule has 0 bridgehead atoms. The fourth-order valence-corrected chi connectivity index (χ4v) is 3.79. The van der Waals surface area contributed by atoms with Crippen LogP contribution in [-0.4, -0.2) is 35.8 Å². The molecule has 0 aromatic heterocycles. The molecule has 2 aliphatic rings. The van der Waals surface area contributed by atoms with Gasteiger partial charge in [0.05, 0.1) is 10.4 Å². The molecule has 0 spiro atoms. The molecule has 2 amide bonds. The van der Waals surface area contributed by atoms with Gasteiger partial charge in [0.25, 0.3) is 0 Å². The van der Waals surface area contributed by atoms with E-state index in [1.807, 2.05) is 4.90 Å². The molecule has 1 heterocycles. The van der Waals surface area contributed by atoms with Gasteiger partial charge < -0.3 is 10.2 Å². The lowest BCUT2D eigenvalue weighted by atomic mass is 9.91. The highest BCUT2D eigenvalue weighted by atomic mass is 35.5. The van der Waals surface area contributed by atoms with E-state index in [-0.39, 0.29) is 22.9 Å². The van der Waals surface area contributed by atoms with Gasteiger partial charge in [-0.05, 0) is 38.2 Å². The summed E-state index contributed by atoms with van der Waals surface area (Å²) in [6.07, 6.45) is 4.13. The topological polar surface area (TPSA) is 49.4 Å². The van der Waals surface area contributed by atoms with E-state index in [4.69, 9.17) is 11.6 Å². The van der Waals surface area contributed by atoms with Crippen LogP contribution in [0.5, 0.6) is 0 Å². The molecule has 1 aromatic carbocycles. The van der Waals surface area contributed by atoms with Gasteiger partial charge in [-0.2, -0.15) is 0 Å². The van der Waals surface area contributed by atoms with Crippen molar-refractivity contribution < 1.29 is 14.0 Å². The number of halogens is 2. The van der Waals surface area contributed by atoms with Gasteiger partial charge in [-0.3, -0.25) is 9.59 Å². The van der Waals surface area contributed by atoms with Gasteiger partial charge in [-0.15, -0.1) is 0 Å². The zero-order chi connectivity index (χ0) is 17.3. The third-order valence-electron chi connectivity index (χ3n) is 5.10. The average molecular weight is 353 g/mol. The van der Waals surface area contributed by atoms with Crippen LogP contribution in [-0.2, 0) is 15.0 Å². The molecule has 1 unspecified atom stereocenters. The van der Waals surface area contributed by atoms with E-state index in [1.54, 1.807) is 12.1 Å². The Hall–Kier alpha value is -1.62. The van der Waals surface area contributed by atoms with E-state index >= 15 is 0 Å². The van der Waals surface area contributed by atoms with Crippen LogP contribution in [0.25, 0.3) is 0 Å². The summed E-state index contributed by atoms with van der Waals surface area (Å²) in [5.41, 5.74) is -0.371. The molecular weight excluding hydrogens is 331 g/mol. The Morgan fingerprint density at radius 3 is 2.79 bits per heavy atom. The molecule has 1 aromatic rings. The molecule has 130 valence electrons. The summed E-state index contributed by atoms with van der Waals surface area (Å²) in [5.74, 6) is -0.617. The first-order chi connectivity index (χ1) is 11.5. The minimum Gasteiger partial charge on any atom is -0.354 e. The van der Waals surface area contributed by atoms with Crippen LogP contribution in [0, 0.1) is 5.82 Å². The van der Waals surface area contributed by atoms with E-state index in [0.29, 0.717) is 31.5 Å². The van der Waals surface area contributed by atoms with E-state index in [9.17, 15) is 14.0 Å². The standard InChI is InChI=1S/C18H22ClFN2O2/c1-12(23)21-11-13-5-2-3-10-22(13)17(24)18(8-9-18)14-6-4-7-15(19)16(14)20/h4,6-7,13H,2-3,5,8-11H2,1H3,(H,21,23). The van der Waals surface area contributed by atoms with Gasteiger partial charge in [-0.25, -0.2) is 4.39 Å². The Kier molecular flexibility index (Phi) is 4.81. The zero-order valence-electron chi connectivity index (χ0n) is 13.8. The number of piperidine rings is 1. The van der Waals surface area contributed by atoms with Crippen molar-refractivity contribution in [3.05, 3.63) is 34.6 Å². The third-order valence-corrected chi connectivity index (χ3v) is 5.39. The van der Waals surface area contributed by atoms with E-state index in [2.05, 4.69) is 5.32 Å². The number of carbonyl (C=O) groups excluding carboxylic acids is 2. The maximum absolute atomic E-state index is 14.5. The maximum Gasteiger partial charge on any atom is 0.233 e. The van der Waals surface area contributed by atoms with Gasteiger partial charge in [-0.1, -0.05) is 23.7 Å². The largest absolute Gasteiger partial charge is 0.354 e. The number of rotatable bonds is 4. The number of hydrogen-bond donors (Lipinski definition) is 1. The molecule has 1 N–H and O–H groups in total. The van der Waals surface area contributed by atoms with Gasteiger partial charge in [0.1, 0.15) is 5.82 Å². The highest BCUT2D eigenvalue weighted by molar-refractivity contribution is 6.30. The maximum atomic E-state index is 14.5. The SMILES string of the molecule is CC(=O)NCC1CCCCN1C(=O)C1(c2cccc(Cl)c2F)CC1. The van der Waals surface area contributed by atoms with Crippen molar-refractivity contribution in [3.8, 4) is 0 Å². The number of hydrogen-bond acceptors (Lipinski definition) is 2. The molecule has 1 atom stereocenters. The second-order valence-corrected chi connectivity index (χ2v) is 7.18. The molecule has 1 aliphatic carbocycles. The first-order valence-corrected chi connectivity index (χ1v) is 8.83. The summed E-state index contributed by atoms with van der Waals surface area (Å²) < 4.78 is 14.5. The van der Waals surface area contributed by atoms with Crippen LogP contribution >= 0.6 is 11.6 Å². The van der Waals surface area contributed by atoms with Crippen LogP contribution in [0.1, 0.15) is 44.6 Å². The lowest BCUT2D eigenvalue weighted by Crippen LogP contribution is -2.52. The Morgan fingerprint density at radius 1 is 1.38 bits per heavy atom. The molecule has 6 heteroatoms. The number of nitrogens with one attached hydrogen (secondary N) is 1. The molecule has 1 saturated heterocycles. The molecule has 3 rings (SSSR count). The summed E-state index contributed by atoms with van der Waals surface area (Å²) in [5, 5.41) is 2.86. The summed E-state index contributed by atoms with van der Waals surface area (Å²) in [7, 11) is 0. The van der Waals surface area contributed by atoms with Crippen molar-refractivity contribution >= 4 is 23.4 Å². The Labute approximate surface area is 146 Å². The molecule has 1 aliphatic heterocycles. The van der Waals surface area contributed by atoms with E-state index in [0.717, 1.165) is 19.3 Å². The minimum absolute atomic E-state index is 0.0186. The predicted molar refractivity (Wildman–Crippen MR) is 90.4 cm³/mol. The predicted octanol–water partition coefficient (Wildman–Crippen LogP) is 3.03. The summed E-state index contributed by atoms with van der Waals surface area (Å²) >= 11 is 5.90. The van der Waals surface area contributed by atoms with Crippen molar-refractivity contribution in [2.75, 3.05) is 13.1 Å². The lowest BCUT2D eigenvalue weighted by Gasteiger charge is -2.38. The number of carbonyl (C=O) groups is 2. The fraction of sp³-hybridized carbons (Fsp3) is 0.556. The van der Waals surface area contributed by atoms with Crippen LogP contribution in [0.4, 0.5) is 4.39 Å². The molecule has 1 saturated carbocycles. The highest BCUT2D eigenvalue weighted by Gasteiger charge is 2.55. The van der Waals surface area contributed by atoms with Crippen molar-refractivity contribution in [1.29, 1.82) is 0 Å². The summed E-state index contributed by atoms with van der Waals surface area (Å²) in [4.78, 5) is 26.2. The van der Waals surface area contributed by atoms with Crippen LogP contribution in [0.2, 0.25) is 5.02 Å². The van der Waals surface area contributed by atoms with Gasteiger partial charge >= 0.3 is 0 Å². The number of likely N-dealkylation sites (tertiary alicyclic amines) is 1. The quantitative estimate of drug-likeness (QED) is 0.905. The second-order valence-electron chi connectivity index (χ2n) is 6.77. The summed E-state index contributed by atoms with van der Waals surface area (Å²) in [6.45, 7) is 2.58. The van der Waals surface area contributed by atoms with Crippen LogP contribution < -0.4 is 5.32 Å². The van der Waals surface area contributed by atoms with Crippen molar-refractivity contribution in [1.82, 2.24) is 10.2 Å². The minimum atomic E-state index is -0.777. The van der Waals surface area contributed by atoms with Gasteiger partial charge in [0.15, 0.2) is 0 Å². The smallest absolute Gasteiger partial charge is 0.233 e. The number of amides is 2. The first-order valence-electron chi connectivity index (χ1n) is 8.46. The first kappa shape index (κ1) is 17.2. The van der Waals surface area contributed by atoms with E-state index in [1.165, 1.54) is 13.0 Å². The normalized spacial score (nSPS) is 22.1. The average Bonchev–Trinajstić information content (AvgIpc) is 3.37. The molecular formula is C18H22ClFN2O2. The Bertz CT molecular complexity index is 660.